The van der Waals surface area contributed by atoms with E-state index in [2.05, 4.69) is 4.98 Å². The van der Waals surface area contributed by atoms with E-state index in [9.17, 15) is 4.39 Å². The Morgan fingerprint density at radius 2 is 1.79 bits per heavy atom. The minimum Gasteiger partial charge on any atom is -0.369 e. The van der Waals surface area contributed by atoms with Crippen LogP contribution in [0.25, 0.3) is 11.0 Å². The van der Waals surface area contributed by atoms with Crippen molar-refractivity contribution in [2.75, 3.05) is 5.73 Å². The Bertz CT molecular complexity index is 568. The summed E-state index contributed by atoms with van der Waals surface area (Å²) in [4.78, 5) is 4.21. The molecule has 0 amide bonds. The topological polar surface area (TPSA) is 43.8 Å². The van der Waals surface area contributed by atoms with Crippen molar-refractivity contribution in [1.29, 1.82) is 0 Å². The van der Waals surface area contributed by atoms with E-state index in [-0.39, 0.29) is 5.82 Å². The van der Waals surface area contributed by atoms with Crippen LogP contribution in [0.5, 0.6) is 0 Å². The molecular formula is C15H20FN3. The Labute approximate surface area is 112 Å². The number of fused-ring (bicyclic) bond motifs is 1. The average molecular weight is 261 g/mol. The molecule has 1 aliphatic carbocycles. The molecule has 2 N–H and O–H groups in total. The summed E-state index contributed by atoms with van der Waals surface area (Å²) >= 11 is 0. The van der Waals surface area contributed by atoms with Crippen molar-refractivity contribution >= 4 is 17.0 Å². The summed E-state index contributed by atoms with van der Waals surface area (Å²) in [5.41, 5.74) is 7.27. The van der Waals surface area contributed by atoms with Gasteiger partial charge in [-0.15, -0.1) is 0 Å². The maximum absolute atomic E-state index is 13.8. The van der Waals surface area contributed by atoms with Gasteiger partial charge >= 0.3 is 0 Å². The fourth-order valence-corrected chi connectivity index (χ4v) is 3.18. The molecule has 3 rings (SSSR count). The van der Waals surface area contributed by atoms with Gasteiger partial charge in [-0.1, -0.05) is 38.2 Å². The summed E-state index contributed by atoms with van der Waals surface area (Å²) in [6, 6.07) is 5.46. The highest BCUT2D eigenvalue weighted by Gasteiger charge is 2.19. The van der Waals surface area contributed by atoms with Crippen LogP contribution in [0, 0.1) is 5.82 Å². The zero-order chi connectivity index (χ0) is 13.2. The third-order valence-corrected chi connectivity index (χ3v) is 4.14. The number of nitrogens with zero attached hydrogens (tertiary/aromatic N) is 2. The molecule has 0 atom stereocenters. The molecule has 0 radical (unpaired) electrons. The summed E-state index contributed by atoms with van der Waals surface area (Å²) in [6.07, 6.45) is 8.59. The normalized spacial score (nSPS) is 18.4. The van der Waals surface area contributed by atoms with Crippen molar-refractivity contribution in [2.45, 2.75) is 51.0 Å². The number of hydrogen-bond acceptors (Lipinski definition) is 2. The Balaban J connectivity index is 2.03. The first-order chi connectivity index (χ1) is 9.27. The second kappa shape index (κ2) is 5.19. The standard InChI is InChI=1S/C15H20FN3/c16-12-9-6-10-13-14(12)18-15(17)19(13)11-7-4-2-1-3-5-8-11/h6,9-11H,1-5,7-8H2,(H2,17,18). The molecule has 0 unspecified atom stereocenters. The molecule has 0 saturated heterocycles. The molecular weight excluding hydrogens is 241 g/mol. The third-order valence-electron chi connectivity index (χ3n) is 4.14. The van der Waals surface area contributed by atoms with Crippen LogP contribution in [0.1, 0.15) is 51.0 Å². The summed E-state index contributed by atoms with van der Waals surface area (Å²) in [5, 5.41) is 0. The monoisotopic (exact) mass is 261 g/mol. The maximum atomic E-state index is 13.8. The first kappa shape index (κ1) is 12.5. The lowest BCUT2D eigenvalue weighted by Crippen LogP contribution is -2.13. The van der Waals surface area contributed by atoms with Crippen LogP contribution in [0.4, 0.5) is 10.3 Å². The molecule has 2 aromatic rings. The van der Waals surface area contributed by atoms with Crippen LogP contribution < -0.4 is 5.73 Å². The number of para-hydroxylation sites is 1. The lowest BCUT2D eigenvalue weighted by Gasteiger charge is -2.22. The van der Waals surface area contributed by atoms with Crippen molar-refractivity contribution in [1.82, 2.24) is 9.55 Å². The first-order valence-electron chi connectivity index (χ1n) is 7.19. The highest BCUT2D eigenvalue weighted by molar-refractivity contribution is 5.79. The van der Waals surface area contributed by atoms with E-state index in [4.69, 9.17) is 5.73 Å². The predicted octanol–water partition coefficient (Wildman–Crippen LogP) is 4.04. The van der Waals surface area contributed by atoms with E-state index in [0.29, 0.717) is 17.5 Å². The van der Waals surface area contributed by atoms with E-state index >= 15 is 0 Å². The lowest BCUT2D eigenvalue weighted by atomic mass is 9.96. The van der Waals surface area contributed by atoms with Gasteiger partial charge in [0.1, 0.15) is 5.52 Å². The number of anilines is 1. The fourth-order valence-electron chi connectivity index (χ4n) is 3.18. The smallest absolute Gasteiger partial charge is 0.201 e. The van der Waals surface area contributed by atoms with Gasteiger partial charge in [0, 0.05) is 6.04 Å². The van der Waals surface area contributed by atoms with Gasteiger partial charge in [0.2, 0.25) is 5.95 Å². The van der Waals surface area contributed by atoms with Crippen molar-refractivity contribution in [3.8, 4) is 0 Å². The van der Waals surface area contributed by atoms with Gasteiger partial charge in [-0.05, 0) is 25.0 Å². The van der Waals surface area contributed by atoms with Crippen LogP contribution in [0.3, 0.4) is 0 Å². The number of imidazole rings is 1. The first-order valence-corrected chi connectivity index (χ1v) is 7.19. The molecule has 0 spiro atoms. The zero-order valence-electron chi connectivity index (χ0n) is 11.1. The minimum absolute atomic E-state index is 0.284. The van der Waals surface area contributed by atoms with Crippen molar-refractivity contribution < 1.29 is 4.39 Å². The van der Waals surface area contributed by atoms with E-state index in [1.54, 1.807) is 6.07 Å². The van der Waals surface area contributed by atoms with Gasteiger partial charge < -0.3 is 10.3 Å². The Morgan fingerprint density at radius 3 is 2.53 bits per heavy atom. The number of aromatic nitrogens is 2. The van der Waals surface area contributed by atoms with Gasteiger partial charge in [0.15, 0.2) is 5.82 Å². The van der Waals surface area contributed by atoms with Crippen LogP contribution >= 0.6 is 0 Å². The largest absolute Gasteiger partial charge is 0.369 e. The number of rotatable bonds is 1. The molecule has 0 bridgehead atoms. The van der Waals surface area contributed by atoms with Crippen LogP contribution in [-0.4, -0.2) is 9.55 Å². The Kier molecular flexibility index (Phi) is 3.40. The van der Waals surface area contributed by atoms with E-state index < -0.39 is 0 Å². The van der Waals surface area contributed by atoms with E-state index in [0.717, 1.165) is 18.4 Å². The van der Waals surface area contributed by atoms with Gasteiger partial charge in [-0.3, -0.25) is 0 Å². The Morgan fingerprint density at radius 1 is 1.11 bits per heavy atom. The SMILES string of the molecule is Nc1nc2c(F)cccc2n1C1CCCCCCC1. The molecule has 102 valence electrons. The van der Waals surface area contributed by atoms with Crippen LogP contribution in [0.2, 0.25) is 0 Å². The molecule has 1 aromatic heterocycles. The van der Waals surface area contributed by atoms with Gasteiger partial charge in [0.05, 0.1) is 5.52 Å². The van der Waals surface area contributed by atoms with E-state index in [1.807, 2.05) is 10.6 Å². The number of benzene rings is 1. The van der Waals surface area contributed by atoms with Crippen molar-refractivity contribution in [3.05, 3.63) is 24.0 Å². The van der Waals surface area contributed by atoms with Crippen molar-refractivity contribution in [2.24, 2.45) is 0 Å². The highest BCUT2D eigenvalue weighted by atomic mass is 19.1. The summed E-state index contributed by atoms with van der Waals surface area (Å²) < 4.78 is 15.8. The number of nitrogens with two attached hydrogens (primary N) is 1. The molecule has 1 heterocycles. The predicted molar refractivity (Wildman–Crippen MR) is 75.5 cm³/mol. The van der Waals surface area contributed by atoms with Crippen LogP contribution in [0.15, 0.2) is 18.2 Å². The molecule has 4 heteroatoms. The average Bonchev–Trinajstić information content (AvgIpc) is 2.68. The number of hydrogen-bond donors (Lipinski definition) is 1. The summed E-state index contributed by atoms with van der Waals surface area (Å²) in [7, 11) is 0. The minimum atomic E-state index is -0.284. The van der Waals surface area contributed by atoms with E-state index in [1.165, 1.54) is 38.2 Å². The second-order valence-electron chi connectivity index (χ2n) is 5.45. The van der Waals surface area contributed by atoms with Gasteiger partial charge in [-0.2, -0.15) is 0 Å². The summed E-state index contributed by atoms with van der Waals surface area (Å²) in [6.45, 7) is 0. The molecule has 19 heavy (non-hydrogen) atoms. The van der Waals surface area contributed by atoms with Gasteiger partial charge in [0.25, 0.3) is 0 Å². The molecule has 1 aromatic carbocycles. The third kappa shape index (κ3) is 2.31. The summed E-state index contributed by atoms with van der Waals surface area (Å²) in [5.74, 6) is 0.166. The zero-order valence-corrected chi connectivity index (χ0v) is 11.1. The number of halogens is 1. The lowest BCUT2D eigenvalue weighted by molar-refractivity contribution is 0.381. The fraction of sp³-hybridized carbons (Fsp3) is 0.533. The quantitative estimate of drug-likeness (QED) is 0.841. The maximum Gasteiger partial charge on any atom is 0.201 e. The Hall–Kier alpha value is -1.58. The number of nitrogen functional groups attached to an aromatic ring is 1. The highest BCUT2D eigenvalue weighted by Crippen LogP contribution is 2.32. The molecule has 3 nitrogen and oxygen atoms in total. The molecule has 0 aliphatic heterocycles. The van der Waals surface area contributed by atoms with Gasteiger partial charge in [-0.25, -0.2) is 9.37 Å². The van der Waals surface area contributed by atoms with Crippen LogP contribution in [-0.2, 0) is 0 Å². The molecule has 1 fully saturated rings. The molecule has 1 aliphatic rings. The van der Waals surface area contributed by atoms with Crippen molar-refractivity contribution in [3.63, 3.8) is 0 Å². The second-order valence-corrected chi connectivity index (χ2v) is 5.45. The molecule has 1 saturated carbocycles.